The van der Waals surface area contributed by atoms with Crippen molar-refractivity contribution in [3.8, 4) is 11.5 Å². The third-order valence-electron chi connectivity index (χ3n) is 3.66. The maximum absolute atomic E-state index is 12.4. The average Bonchev–Trinajstić information content (AvgIpc) is 2.59. The van der Waals surface area contributed by atoms with Crippen LogP contribution in [0.2, 0.25) is 0 Å². The fourth-order valence-corrected chi connectivity index (χ4v) is 2.44. The number of benzene rings is 2. The molecule has 0 saturated heterocycles. The van der Waals surface area contributed by atoms with Gasteiger partial charge in [-0.1, -0.05) is 12.1 Å². The molecule has 0 aliphatic carbocycles. The van der Waals surface area contributed by atoms with Crippen molar-refractivity contribution in [2.75, 3.05) is 31.0 Å². The third-order valence-corrected chi connectivity index (χ3v) is 3.66. The van der Waals surface area contributed by atoms with E-state index in [4.69, 9.17) is 9.47 Å². The van der Waals surface area contributed by atoms with Crippen LogP contribution in [0.4, 0.5) is 11.4 Å². The number of hydrogen-bond donors (Lipinski definition) is 1. The molecule has 2 rings (SSSR count). The minimum absolute atomic E-state index is 0.119. The molecule has 0 unspecified atom stereocenters. The van der Waals surface area contributed by atoms with Crippen LogP contribution in [0.1, 0.15) is 12.5 Å². The van der Waals surface area contributed by atoms with Gasteiger partial charge < -0.3 is 14.8 Å². The Morgan fingerprint density at radius 2 is 1.84 bits per heavy atom. The van der Waals surface area contributed by atoms with E-state index in [9.17, 15) is 9.59 Å². The third kappa shape index (κ3) is 4.73. The van der Waals surface area contributed by atoms with Crippen LogP contribution in [0.3, 0.4) is 0 Å². The number of methoxy groups -OCH3 is 2. The lowest BCUT2D eigenvalue weighted by molar-refractivity contribution is -0.120. The lowest BCUT2D eigenvalue weighted by Crippen LogP contribution is -2.36. The summed E-state index contributed by atoms with van der Waals surface area (Å²) in [4.78, 5) is 25.8. The lowest BCUT2D eigenvalue weighted by Gasteiger charge is -2.23. The first-order chi connectivity index (χ1) is 11.9. The van der Waals surface area contributed by atoms with E-state index in [1.165, 1.54) is 18.9 Å². The van der Waals surface area contributed by atoms with Crippen molar-refractivity contribution in [1.29, 1.82) is 0 Å². The number of aryl methyl sites for hydroxylation is 1. The first-order valence-corrected chi connectivity index (χ1v) is 7.81. The van der Waals surface area contributed by atoms with Crippen molar-refractivity contribution in [1.82, 2.24) is 0 Å². The van der Waals surface area contributed by atoms with Crippen LogP contribution in [0, 0.1) is 6.92 Å². The molecular weight excluding hydrogens is 320 g/mol. The van der Waals surface area contributed by atoms with E-state index in [1.54, 1.807) is 31.4 Å². The molecule has 2 aromatic rings. The Morgan fingerprint density at radius 3 is 2.44 bits per heavy atom. The van der Waals surface area contributed by atoms with Gasteiger partial charge in [-0.25, -0.2) is 0 Å². The highest BCUT2D eigenvalue weighted by molar-refractivity contribution is 6.02. The monoisotopic (exact) mass is 342 g/mol. The second kappa shape index (κ2) is 8.19. The lowest BCUT2D eigenvalue weighted by atomic mass is 10.2. The van der Waals surface area contributed by atoms with Gasteiger partial charge in [-0.2, -0.15) is 0 Å². The second-order valence-corrected chi connectivity index (χ2v) is 5.56. The van der Waals surface area contributed by atoms with Crippen molar-refractivity contribution in [2.45, 2.75) is 13.8 Å². The van der Waals surface area contributed by atoms with E-state index < -0.39 is 0 Å². The molecule has 0 aliphatic heterocycles. The van der Waals surface area contributed by atoms with Crippen LogP contribution in [0.5, 0.6) is 11.5 Å². The quantitative estimate of drug-likeness (QED) is 0.876. The highest BCUT2D eigenvalue weighted by Crippen LogP contribution is 2.32. The molecule has 0 heterocycles. The van der Waals surface area contributed by atoms with E-state index in [0.717, 1.165) is 5.56 Å². The first kappa shape index (κ1) is 18.3. The molecule has 0 bridgehead atoms. The zero-order valence-corrected chi connectivity index (χ0v) is 14.8. The summed E-state index contributed by atoms with van der Waals surface area (Å²) in [6.07, 6.45) is 0. The SMILES string of the molecule is COc1ccc(N(CC(=O)Nc2cccc(C)c2)C(C)=O)c(OC)c1. The average molecular weight is 342 g/mol. The Bertz CT molecular complexity index is 774. The molecule has 0 radical (unpaired) electrons. The summed E-state index contributed by atoms with van der Waals surface area (Å²) in [6.45, 7) is 3.23. The Labute approximate surface area is 147 Å². The maximum atomic E-state index is 12.4. The van der Waals surface area contributed by atoms with Gasteiger partial charge in [-0.05, 0) is 36.8 Å². The number of ether oxygens (including phenoxy) is 2. The van der Waals surface area contributed by atoms with Crippen molar-refractivity contribution in [2.24, 2.45) is 0 Å². The largest absolute Gasteiger partial charge is 0.497 e. The number of amides is 2. The first-order valence-electron chi connectivity index (χ1n) is 7.81. The summed E-state index contributed by atoms with van der Waals surface area (Å²) in [7, 11) is 3.05. The number of carbonyl (C=O) groups excluding carboxylic acids is 2. The van der Waals surface area contributed by atoms with Crippen molar-refractivity contribution < 1.29 is 19.1 Å². The maximum Gasteiger partial charge on any atom is 0.244 e. The molecule has 0 spiro atoms. The Kier molecular flexibility index (Phi) is 6.00. The molecule has 132 valence electrons. The van der Waals surface area contributed by atoms with Crippen LogP contribution in [0.25, 0.3) is 0 Å². The highest BCUT2D eigenvalue weighted by Gasteiger charge is 2.20. The molecule has 2 aromatic carbocycles. The van der Waals surface area contributed by atoms with Crippen LogP contribution in [0.15, 0.2) is 42.5 Å². The zero-order valence-electron chi connectivity index (χ0n) is 14.8. The van der Waals surface area contributed by atoms with Gasteiger partial charge in [0.25, 0.3) is 0 Å². The summed E-state index contributed by atoms with van der Waals surface area (Å²) < 4.78 is 10.5. The van der Waals surface area contributed by atoms with Crippen molar-refractivity contribution in [3.63, 3.8) is 0 Å². The molecule has 0 aliphatic rings. The molecule has 25 heavy (non-hydrogen) atoms. The number of nitrogens with one attached hydrogen (secondary N) is 1. The molecule has 2 amide bonds. The van der Waals surface area contributed by atoms with Crippen LogP contribution < -0.4 is 19.7 Å². The highest BCUT2D eigenvalue weighted by atomic mass is 16.5. The van der Waals surface area contributed by atoms with E-state index in [2.05, 4.69) is 5.32 Å². The Morgan fingerprint density at radius 1 is 1.08 bits per heavy atom. The summed E-state index contributed by atoms with van der Waals surface area (Å²) in [6, 6.07) is 12.6. The fourth-order valence-electron chi connectivity index (χ4n) is 2.44. The van der Waals surface area contributed by atoms with Gasteiger partial charge in [-0.15, -0.1) is 0 Å². The number of carbonyl (C=O) groups is 2. The number of rotatable bonds is 6. The molecule has 1 N–H and O–H groups in total. The van der Waals surface area contributed by atoms with Crippen LogP contribution in [-0.4, -0.2) is 32.6 Å². The molecule has 6 heteroatoms. The fraction of sp³-hybridized carbons (Fsp3) is 0.263. The minimum Gasteiger partial charge on any atom is -0.497 e. The molecule has 0 saturated carbocycles. The number of nitrogens with zero attached hydrogens (tertiary/aromatic N) is 1. The van der Waals surface area contributed by atoms with Gasteiger partial charge in [-0.3, -0.25) is 14.5 Å². The standard InChI is InChI=1S/C19H22N2O4/c1-13-6-5-7-15(10-13)20-19(23)12-21(14(2)22)17-9-8-16(24-3)11-18(17)25-4/h5-11H,12H2,1-4H3,(H,20,23). The van der Waals surface area contributed by atoms with Gasteiger partial charge in [0.1, 0.15) is 18.0 Å². The Hall–Kier alpha value is -3.02. The summed E-state index contributed by atoms with van der Waals surface area (Å²) in [5.74, 6) is 0.507. The molecule has 6 nitrogen and oxygen atoms in total. The predicted octanol–water partition coefficient (Wildman–Crippen LogP) is 3.00. The van der Waals surface area contributed by atoms with Crippen LogP contribution in [-0.2, 0) is 9.59 Å². The normalized spacial score (nSPS) is 10.1. The van der Waals surface area contributed by atoms with E-state index in [1.807, 2.05) is 25.1 Å². The van der Waals surface area contributed by atoms with Gasteiger partial charge in [0.2, 0.25) is 11.8 Å². The van der Waals surface area contributed by atoms with Gasteiger partial charge in [0.15, 0.2) is 0 Å². The molecule has 0 aromatic heterocycles. The van der Waals surface area contributed by atoms with Gasteiger partial charge in [0.05, 0.1) is 19.9 Å². The smallest absolute Gasteiger partial charge is 0.244 e. The van der Waals surface area contributed by atoms with Gasteiger partial charge >= 0.3 is 0 Å². The van der Waals surface area contributed by atoms with E-state index in [0.29, 0.717) is 22.9 Å². The Balaban J connectivity index is 2.21. The van der Waals surface area contributed by atoms with Crippen molar-refractivity contribution >= 4 is 23.2 Å². The van der Waals surface area contributed by atoms with Gasteiger partial charge in [0, 0.05) is 18.7 Å². The topological polar surface area (TPSA) is 67.9 Å². The number of anilines is 2. The molecular formula is C19H22N2O4. The molecule has 0 fully saturated rings. The summed E-state index contributed by atoms with van der Waals surface area (Å²) in [5.41, 5.74) is 2.24. The van der Waals surface area contributed by atoms with Crippen molar-refractivity contribution in [3.05, 3.63) is 48.0 Å². The van der Waals surface area contributed by atoms with E-state index in [-0.39, 0.29) is 18.4 Å². The predicted molar refractivity (Wildman–Crippen MR) is 97.4 cm³/mol. The summed E-state index contributed by atoms with van der Waals surface area (Å²) in [5, 5.41) is 2.80. The second-order valence-electron chi connectivity index (χ2n) is 5.56. The van der Waals surface area contributed by atoms with Crippen LogP contribution >= 0.6 is 0 Å². The minimum atomic E-state index is -0.293. The zero-order chi connectivity index (χ0) is 18.4. The summed E-state index contributed by atoms with van der Waals surface area (Å²) >= 11 is 0. The number of hydrogen-bond acceptors (Lipinski definition) is 4. The molecule has 0 atom stereocenters. The van der Waals surface area contributed by atoms with E-state index >= 15 is 0 Å².